The van der Waals surface area contributed by atoms with E-state index in [1.165, 1.54) is 6.07 Å². The number of carbonyl (C=O) groups is 1. The van der Waals surface area contributed by atoms with E-state index < -0.39 is 5.97 Å². The summed E-state index contributed by atoms with van der Waals surface area (Å²) in [6, 6.07) is 4.69. The Labute approximate surface area is 117 Å². The molecule has 1 aromatic carbocycles. The molecule has 1 fully saturated rings. The van der Waals surface area contributed by atoms with Crippen LogP contribution < -0.4 is 5.32 Å². The maximum atomic E-state index is 11.1. The molecule has 0 aromatic heterocycles. The number of aromatic carboxylic acids is 1. The van der Waals surface area contributed by atoms with E-state index in [2.05, 4.69) is 10.2 Å². The first kappa shape index (κ1) is 14.1. The molecule has 1 aliphatic rings. The Morgan fingerprint density at radius 1 is 1.63 bits per heavy atom. The van der Waals surface area contributed by atoms with Gasteiger partial charge < -0.3 is 20.1 Å². The first-order valence-corrected chi connectivity index (χ1v) is 6.51. The van der Waals surface area contributed by atoms with Crippen LogP contribution in [0.25, 0.3) is 0 Å². The van der Waals surface area contributed by atoms with Crippen molar-refractivity contribution in [1.82, 2.24) is 4.90 Å². The van der Waals surface area contributed by atoms with Gasteiger partial charge in [0.2, 0.25) is 0 Å². The van der Waals surface area contributed by atoms with Crippen molar-refractivity contribution in [3.63, 3.8) is 0 Å². The molecule has 19 heavy (non-hydrogen) atoms. The molecule has 104 valence electrons. The number of carboxylic acid groups (broad SMARTS) is 1. The zero-order valence-corrected chi connectivity index (χ0v) is 11.5. The molecule has 0 saturated carbocycles. The lowest BCUT2D eigenvalue weighted by atomic mass is 10.1. The van der Waals surface area contributed by atoms with E-state index in [1.54, 1.807) is 12.1 Å². The lowest BCUT2D eigenvalue weighted by Crippen LogP contribution is -2.43. The summed E-state index contributed by atoms with van der Waals surface area (Å²) in [6.07, 6.45) is 0.0550. The van der Waals surface area contributed by atoms with Gasteiger partial charge >= 0.3 is 5.97 Å². The molecule has 1 aliphatic heterocycles. The number of likely N-dealkylation sites (N-methyl/N-ethyl adjacent to an activating group) is 1. The molecule has 2 N–H and O–H groups in total. The fourth-order valence-electron chi connectivity index (χ4n) is 2.06. The highest BCUT2D eigenvalue weighted by atomic mass is 35.5. The number of rotatable bonds is 4. The Bertz CT molecular complexity index is 467. The van der Waals surface area contributed by atoms with Gasteiger partial charge in [-0.05, 0) is 25.2 Å². The van der Waals surface area contributed by atoms with Crippen LogP contribution in [0.5, 0.6) is 0 Å². The van der Waals surface area contributed by atoms with Crippen molar-refractivity contribution in [2.24, 2.45) is 0 Å². The Morgan fingerprint density at radius 3 is 3.11 bits per heavy atom. The van der Waals surface area contributed by atoms with Gasteiger partial charge in [0.05, 0.1) is 24.0 Å². The van der Waals surface area contributed by atoms with Crippen LogP contribution in [0.4, 0.5) is 5.69 Å². The molecule has 2 rings (SSSR count). The number of nitrogens with zero attached hydrogens (tertiary/aromatic N) is 1. The molecule has 0 bridgehead atoms. The summed E-state index contributed by atoms with van der Waals surface area (Å²) >= 11 is 5.89. The van der Waals surface area contributed by atoms with Gasteiger partial charge in [0, 0.05) is 24.7 Å². The summed E-state index contributed by atoms with van der Waals surface area (Å²) in [4.78, 5) is 13.3. The lowest BCUT2D eigenvalue weighted by Gasteiger charge is -2.30. The van der Waals surface area contributed by atoms with Crippen LogP contribution >= 0.6 is 11.6 Å². The molecular formula is C13H17ClN2O3. The number of morpholine rings is 1. The third kappa shape index (κ3) is 3.83. The molecule has 5 nitrogen and oxygen atoms in total. The second-order valence-electron chi connectivity index (χ2n) is 4.63. The summed E-state index contributed by atoms with van der Waals surface area (Å²) < 4.78 is 5.62. The SMILES string of the molecule is CN1CCOC(CNc2cc(Cl)ccc2C(=O)O)C1. The highest BCUT2D eigenvalue weighted by Gasteiger charge is 2.18. The van der Waals surface area contributed by atoms with Gasteiger partial charge in [-0.15, -0.1) is 0 Å². The van der Waals surface area contributed by atoms with Crippen molar-refractivity contribution < 1.29 is 14.6 Å². The van der Waals surface area contributed by atoms with Gasteiger partial charge in [-0.2, -0.15) is 0 Å². The summed E-state index contributed by atoms with van der Waals surface area (Å²) in [5, 5.41) is 12.7. The maximum Gasteiger partial charge on any atom is 0.337 e. The number of carboxylic acids is 1. The van der Waals surface area contributed by atoms with Crippen molar-refractivity contribution in [3.8, 4) is 0 Å². The normalized spacial score (nSPS) is 20.2. The van der Waals surface area contributed by atoms with Crippen molar-refractivity contribution in [2.45, 2.75) is 6.10 Å². The summed E-state index contributed by atoms with van der Waals surface area (Å²) in [7, 11) is 2.04. The molecule has 0 radical (unpaired) electrons. The fraction of sp³-hybridized carbons (Fsp3) is 0.462. The third-order valence-corrected chi connectivity index (χ3v) is 3.31. The maximum absolute atomic E-state index is 11.1. The molecule has 6 heteroatoms. The van der Waals surface area contributed by atoms with Crippen LogP contribution in [-0.2, 0) is 4.74 Å². The summed E-state index contributed by atoms with van der Waals surface area (Å²) in [6.45, 7) is 3.01. The van der Waals surface area contributed by atoms with Crippen LogP contribution in [0.15, 0.2) is 18.2 Å². The van der Waals surface area contributed by atoms with E-state index in [0.717, 1.165) is 13.1 Å². The number of ether oxygens (including phenoxy) is 1. The summed E-state index contributed by atoms with van der Waals surface area (Å²) in [5.74, 6) is -0.971. The minimum atomic E-state index is -0.971. The highest BCUT2D eigenvalue weighted by Crippen LogP contribution is 2.21. The van der Waals surface area contributed by atoms with E-state index >= 15 is 0 Å². The lowest BCUT2D eigenvalue weighted by molar-refractivity contribution is -0.0117. The molecule has 0 amide bonds. The average Bonchev–Trinajstić information content (AvgIpc) is 2.36. The number of nitrogens with one attached hydrogen (secondary N) is 1. The zero-order chi connectivity index (χ0) is 13.8. The second kappa shape index (κ2) is 6.23. The first-order chi connectivity index (χ1) is 9.06. The topological polar surface area (TPSA) is 61.8 Å². The second-order valence-corrected chi connectivity index (χ2v) is 5.07. The molecule has 1 saturated heterocycles. The molecule has 1 heterocycles. The van der Waals surface area contributed by atoms with Crippen molar-refractivity contribution in [3.05, 3.63) is 28.8 Å². The standard InChI is InChI=1S/C13H17ClN2O3/c1-16-4-5-19-10(8-16)7-15-12-6-9(14)2-3-11(12)13(17)18/h2-3,6,10,15H,4-5,7-8H2,1H3,(H,17,18). The van der Waals surface area contributed by atoms with Crippen LogP contribution in [0.2, 0.25) is 5.02 Å². The van der Waals surface area contributed by atoms with Crippen molar-refractivity contribution in [1.29, 1.82) is 0 Å². The van der Waals surface area contributed by atoms with E-state index in [9.17, 15) is 4.79 Å². The van der Waals surface area contributed by atoms with Crippen LogP contribution in [0.1, 0.15) is 10.4 Å². The minimum absolute atomic E-state index is 0.0550. The number of halogens is 1. The van der Waals surface area contributed by atoms with Crippen molar-refractivity contribution >= 4 is 23.3 Å². The Hall–Kier alpha value is -1.30. The molecule has 1 atom stereocenters. The predicted molar refractivity (Wildman–Crippen MR) is 74.1 cm³/mol. The van der Waals surface area contributed by atoms with E-state index in [4.69, 9.17) is 21.4 Å². The number of hydrogen-bond acceptors (Lipinski definition) is 4. The van der Waals surface area contributed by atoms with E-state index in [1.807, 2.05) is 7.05 Å². The summed E-state index contributed by atoms with van der Waals surface area (Å²) in [5.41, 5.74) is 0.741. The van der Waals surface area contributed by atoms with Gasteiger partial charge in [-0.25, -0.2) is 4.79 Å². The predicted octanol–water partition coefficient (Wildman–Crippen LogP) is 1.78. The largest absolute Gasteiger partial charge is 0.478 e. The molecular weight excluding hydrogens is 268 g/mol. The van der Waals surface area contributed by atoms with E-state index in [-0.39, 0.29) is 11.7 Å². The Morgan fingerprint density at radius 2 is 2.42 bits per heavy atom. The van der Waals surface area contributed by atoms with Gasteiger partial charge in [-0.1, -0.05) is 11.6 Å². The quantitative estimate of drug-likeness (QED) is 0.882. The zero-order valence-electron chi connectivity index (χ0n) is 10.7. The molecule has 0 spiro atoms. The highest BCUT2D eigenvalue weighted by molar-refractivity contribution is 6.31. The average molecular weight is 285 g/mol. The fourth-order valence-corrected chi connectivity index (χ4v) is 2.24. The van der Waals surface area contributed by atoms with Crippen LogP contribution in [-0.4, -0.2) is 55.4 Å². The van der Waals surface area contributed by atoms with E-state index in [0.29, 0.717) is 23.9 Å². The van der Waals surface area contributed by atoms with Gasteiger partial charge in [0.1, 0.15) is 0 Å². The monoisotopic (exact) mass is 284 g/mol. The number of anilines is 1. The number of hydrogen-bond donors (Lipinski definition) is 2. The minimum Gasteiger partial charge on any atom is -0.478 e. The Balaban J connectivity index is 2.02. The van der Waals surface area contributed by atoms with Gasteiger partial charge in [0.15, 0.2) is 0 Å². The Kier molecular flexibility index (Phi) is 4.63. The van der Waals surface area contributed by atoms with Crippen LogP contribution in [0.3, 0.4) is 0 Å². The van der Waals surface area contributed by atoms with Crippen LogP contribution in [0, 0.1) is 0 Å². The smallest absolute Gasteiger partial charge is 0.337 e. The van der Waals surface area contributed by atoms with Gasteiger partial charge in [-0.3, -0.25) is 0 Å². The molecule has 0 aliphatic carbocycles. The van der Waals surface area contributed by atoms with Crippen molar-refractivity contribution in [2.75, 3.05) is 38.6 Å². The number of benzene rings is 1. The third-order valence-electron chi connectivity index (χ3n) is 3.07. The molecule has 1 unspecified atom stereocenters. The van der Waals surface area contributed by atoms with Gasteiger partial charge in [0.25, 0.3) is 0 Å². The molecule has 1 aromatic rings. The first-order valence-electron chi connectivity index (χ1n) is 6.13.